The molecule has 1 N–H and O–H groups in total. The van der Waals surface area contributed by atoms with Crippen LogP contribution >= 0.6 is 15.9 Å². The molecule has 0 atom stereocenters. The molecule has 0 aliphatic rings. The molecule has 0 saturated carbocycles. The summed E-state index contributed by atoms with van der Waals surface area (Å²) in [7, 11) is 1.93. The molecular weight excluding hydrogens is 272 g/mol. The third kappa shape index (κ3) is 2.54. The number of aryl methyl sites for hydroxylation is 1. The van der Waals surface area contributed by atoms with Crippen LogP contribution in [0.25, 0.3) is 0 Å². The Kier molecular flexibility index (Phi) is 3.45. The van der Waals surface area contributed by atoms with Crippen LogP contribution < -0.4 is 5.32 Å². The van der Waals surface area contributed by atoms with Gasteiger partial charge in [0.2, 0.25) is 0 Å². The number of nitrogens with one attached hydrogen (secondary N) is 1. The largest absolute Gasteiger partial charge is 0.369 e. The van der Waals surface area contributed by atoms with Gasteiger partial charge in [0.1, 0.15) is 24.3 Å². The van der Waals surface area contributed by atoms with Gasteiger partial charge < -0.3 is 9.88 Å². The smallest absolute Gasteiger partial charge is 0.143 e. The van der Waals surface area contributed by atoms with Crippen LogP contribution in [-0.4, -0.2) is 31.3 Å². The second-order valence-electron chi connectivity index (χ2n) is 3.25. The quantitative estimate of drug-likeness (QED) is 0.907. The van der Waals surface area contributed by atoms with Crippen molar-refractivity contribution in [1.82, 2.24) is 24.7 Å². The van der Waals surface area contributed by atoms with Gasteiger partial charge in [-0.2, -0.15) is 0 Å². The van der Waals surface area contributed by atoms with E-state index in [1.54, 1.807) is 12.5 Å². The Morgan fingerprint density at radius 1 is 1.50 bits per heavy atom. The van der Waals surface area contributed by atoms with Crippen LogP contribution in [0.5, 0.6) is 0 Å². The predicted octanol–water partition coefficient (Wildman–Crippen LogP) is 1.02. The third-order valence-electron chi connectivity index (χ3n) is 2.11. The minimum absolute atomic E-state index is 0.752. The van der Waals surface area contributed by atoms with E-state index in [9.17, 15) is 0 Å². The van der Waals surface area contributed by atoms with E-state index in [-0.39, 0.29) is 0 Å². The van der Waals surface area contributed by atoms with E-state index >= 15 is 0 Å². The molecule has 0 radical (unpaired) electrons. The Balaban J connectivity index is 1.89. The zero-order valence-electron chi connectivity index (χ0n) is 8.76. The maximum absolute atomic E-state index is 4.11. The summed E-state index contributed by atoms with van der Waals surface area (Å²) < 4.78 is 2.75. The van der Waals surface area contributed by atoms with Crippen molar-refractivity contribution >= 4 is 21.7 Å². The molecule has 0 spiro atoms. The van der Waals surface area contributed by atoms with Crippen molar-refractivity contribution in [2.24, 2.45) is 7.05 Å². The maximum Gasteiger partial charge on any atom is 0.143 e. The fourth-order valence-electron chi connectivity index (χ4n) is 1.27. The molecule has 0 unspecified atom stereocenters. The minimum Gasteiger partial charge on any atom is -0.369 e. The van der Waals surface area contributed by atoms with Gasteiger partial charge in [-0.3, -0.25) is 0 Å². The number of halogens is 1. The van der Waals surface area contributed by atoms with E-state index in [0.717, 1.165) is 29.1 Å². The lowest BCUT2D eigenvalue weighted by atomic mass is 10.4. The van der Waals surface area contributed by atoms with Crippen LogP contribution in [0, 0.1) is 0 Å². The van der Waals surface area contributed by atoms with E-state index < -0.39 is 0 Å². The average molecular weight is 283 g/mol. The minimum atomic E-state index is 0.752. The van der Waals surface area contributed by atoms with Gasteiger partial charge in [0.05, 0.1) is 4.47 Å². The van der Waals surface area contributed by atoms with Crippen LogP contribution in [0.15, 0.2) is 23.3 Å². The molecule has 6 nitrogen and oxygen atoms in total. The molecule has 7 heteroatoms. The molecule has 0 amide bonds. The van der Waals surface area contributed by atoms with Crippen molar-refractivity contribution in [3.05, 3.63) is 29.1 Å². The highest BCUT2D eigenvalue weighted by molar-refractivity contribution is 9.10. The highest BCUT2D eigenvalue weighted by atomic mass is 79.9. The number of rotatable bonds is 4. The summed E-state index contributed by atoms with van der Waals surface area (Å²) in [5.74, 6) is 1.73. The molecule has 2 rings (SSSR count). The summed E-state index contributed by atoms with van der Waals surface area (Å²) >= 11 is 3.37. The fourth-order valence-corrected chi connectivity index (χ4v) is 1.63. The van der Waals surface area contributed by atoms with Crippen LogP contribution in [0.2, 0.25) is 0 Å². The first-order valence-electron chi connectivity index (χ1n) is 4.79. The van der Waals surface area contributed by atoms with Crippen molar-refractivity contribution < 1.29 is 0 Å². The molecule has 2 aromatic rings. The maximum atomic E-state index is 4.11. The summed E-state index contributed by atoms with van der Waals surface area (Å²) in [5, 5.41) is 11.0. The lowest BCUT2D eigenvalue weighted by Crippen LogP contribution is -2.10. The first kappa shape index (κ1) is 11.0. The second kappa shape index (κ2) is 5.02. The normalized spacial score (nSPS) is 10.4. The van der Waals surface area contributed by atoms with Crippen molar-refractivity contribution in [3.8, 4) is 0 Å². The van der Waals surface area contributed by atoms with E-state index in [2.05, 4.69) is 41.4 Å². The molecule has 84 valence electrons. The monoisotopic (exact) mass is 282 g/mol. The Morgan fingerprint density at radius 3 is 3.06 bits per heavy atom. The van der Waals surface area contributed by atoms with Crippen molar-refractivity contribution in [1.29, 1.82) is 0 Å². The van der Waals surface area contributed by atoms with E-state index in [0.29, 0.717) is 0 Å². The molecule has 16 heavy (non-hydrogen) atoms. The Morgan fingerprint density at radius 2 is 2.38 bits per heavy atom. The SMILES string of the molecule is Cn1cnnc1CCNc1ncncc1Br. The molecule has 0 aromatic carbocycles. The van der Waals surface area contributed by atoms with Gasteiger partial charge in [0.25, 0.3) is 0 Å². The third-order valence-corrected chi connectivity index (χ3v) is 2.69. The first-order valence-corrected chi connectivity index (χ1v) is 5.59. The van der Waals surface area contributed by atoms with Gasteiger partial charge >= 0.3 is 0 Å². The van der Waals surface area contributed by atoms with Gasteiger partial charge in [0, 0.05) is 26.2 Å². The van der Waals surface area contributed by atoms with E-state index in [1.807, 2.05) is 11.6 Å². The number of hydrogen-bond donors (Lipinski definition) is 1. The van der Waals surface area contributed by atoms with Crippen LogP contribution in [0.1, 0.15) is 5.82 Å². The second-order valence-corrected chi connectivity index (χ2v) is 4.11. The highest BCUT2D eigenvalue weighted by Gasteiger charge is 2.02. The van der Waals surface area contributed by atoms with Crippen molar-refractivity contribution in [2.75, 3.05) is 11.9 Å². The van der Waals surface area contributed by atoms with Crippen LogP contribution in [-0.2, 0) is 13.5 Å². The molecule has 0 saturated heterocycles. The zero-order valence-corrected chi connectivity index (χ0v) is 10.3. The Bertz CT molecular complexity index is 469. The van der Waals surface area contributed by atoms with Gasteiger partial charge in [-0.15, -0.1) is 10.2 Å². The topological polar surface area (TPSA) is 68.5 Å². The molecule has 0 aliphatic carbocycles. The average Bonchev–Trinajstić information content (AvgIpc) is 2.67. The van der Waals surface area contributed by atoms with Gasteiger partial charge in [-0.25, -0.2) is 9.97 Å². The predicted molar refractivity (Wildman–Crippen MR) is 62.9 cm³/mol. The van der Waals surface area contributed by atoms with Crippen LogP contribution in [0.3, 0.4) is 0 Å². The first-order chi connectivity index (χ1) is 7.77. The van der Waals surface area contributed by atoms with Crippen molar-refractivity contribution in [3.63, 3.8) is 0 Å². The summed E-state index contributed by atoms with van der Waals surface area (Å²) in [6, 6.07) is 0. The molecule has 0 fully saturated rings. The van der Waals surface area contributed by atoms with Gasteiger partial charge in [-0.1, -0.05) is 0 Å². The summed E-state index contributed by atoms with van der Waals surface area (Å²) in [4.78, 5) is 8.00. The number of nitrogens with zero attached hydrogens (tertiary/aromatic N) is 5. The molecule has 2 aromatic heterocycles. The number of hydrogen-bond acceptors (Lipinski definition) is 5. The molecule has 0 aliphatic heterocycles. The molecule has 2 heterocycles. The Labute approximate surface area is 101 Å². The van der Waals surface area contributed by atoms with Crippen molar-refractivity contribution in [2.45, 2.75) is 6.42 Å². The van der Waals surface area contributed by atoms with Gasteiger partial charge in [-0.05, 0) is 15.9 Å². The Hall–Kier alpha value is -1.50. The van der Waals surface area contributed by atoms with E-state index in [1.165, 1.54) is 6.33 Å². The van der Waals surface area contributed by atoms with Crippen LogP contribution in [0.4, 0.5) is 5.82 Å². The standard InChI is InChI=1S/C9H11BrN6/c1-16-6-14-15-8(16)2-3-12-9-7(10)4-11-5-13-9/h4-6H,2-3H2,1H3,(H,11,12,13). The van der Waals surface area contributed by atoms with E-state index in [4.69, 9.17) is 0 Å². The summed E-state index contributed by atoms with van der Waals surface area (Å²) in [5.41, 5.74) is 0. The lowest BCUT2D eigenvalue weighted by Gasteiger charge is -2.05. The highest BCUT2D eigenvalue weighted by Crippen LogP contribution is 2.16. The van der Waals surface area contributed by atoms with Gasteiger partial charge in [0.15, 0.2) is 0 Å². The summed E-state index contributed by atoms with van der Waals surface area (Å²) in [6.45, 7) is 0.752. The fraction of sp³-hybridized carbons (Fsp3) is 0.333. The molecule has 0 bridgehead atoms. The number of aromatic nitrogens is 5. The summed E-state index contributed by atoms with van der Waals surface area (Å²) in [6.07, 6.45) is 5.70. The lowest BCUT2D eigenvalue weighted by molar-refractivity contribution is 0.787. The molecular formula is C9H11BrN6. The number of anilines is 1. The zero-order chi connectivity index (χ0) is 11.4.